The third kappa shape index (κ3) is 2.78. The lowest BCUT2D eigenvalue weighted by Crippen LogP contribution is -2.17. The molecule has 0 spiro atoms. The topological polar surface area (TPSA) is 70.9 Å². The fourth-order valence-electron chi connectivity index (χ4n) is 2.34. The molecule has 0 fully saturated rings. The molecule has 3 aromatic heterocycles. The van der Waals surface area contributed by atoms with Crippen molar-refractivity contribution in [3.05, 3.63) is 53.7 Å². The van der Waals surface area contributed by atoms with Crippen molar-refractivity contribution < 1.29 is 0 Å². The van der Waals surface area contributed by atoms with Crippen LogP contribution in [0, 0.1) is 11.3 Å². The molecule has 1 N–H and O–H groups in total. The van der Waals surface area contributed by atoms with Crippen LogP contribution in [-0.2, 0) is 20.0 Å². The van der Waals surface area contributed by atoms with Crippen molar-refractivity contribution in [1.29, 1.82) is 5.26 Å². The van der Waals surface area contributed by atoms with E-state index in [2.05, 4.69) is 21.6 Å². The van der Waals surface area contributed by atoms with Crippen molar-refractivity contribution in [3.8, 4) is 6.07 Å². The van der Waals surface area contributed by atoms with Crippen LogP contribution in [0.2, 0.25) is 0 Å². The molecule has 6 heteroatoms. The summed E-state index contributed by atoms with van der Waals surface area (Å²) in [5.41, 5.74) is 2.66. The lowest BCUT2D eigenvalue weighted by molar-refractivity contribution is 0.666. The highest BCUT2D eigenvalue weighted by Crippen LogP contribution is 2.06. The van der Waals surface area contributed by atoms with E-state index in [0.29, 0.717) is 5.69 Å². The van der Waals surface area contributed by atoms with Gasteiger partial charge in [-0.25, -0.2) is 0 Å². The Morgan fingerprint density at radius 3 is 3.05 bits per heavy atom. The van der Waals surface area contributed by atoms with E-state index >= 15 is 0 Å². The third-order valence-corrected chi connectivity index (χ3v) is 3.41. The first-order chi connectivity index (χ1) is 10.3. The molecule has 0 aliphatic rings. The third-order valence-electron chi connectivity index (χ3n) is 3.41. The monoisotopic (exact) mass is 280 g/mol. The van der Waals surface area contributed by atoms with Crippen LogP contribution in [-0.4, -0.2) is 25.7 Å². The number of nitrogens with one attached hydrogen (secondary N) is 1. The Balaban J connectivity index is 1.55. The maximum Gasteiger partial charge on any atom is 0.160 e. The van der Waals surface area contributed by atoms with Gasteiger partial charge >= 0.3 is 0 Å². The van der Waals surface area contributed by atoms with Gasteiger partial charge in [-0.3, -0.25) is 4.40 Å². The fourth-order valence-corrected chi connectivity index (χ4v) is 2.34. The molecule has 0 saturated heterocycles. The van der Waals surface area contributed by atoms with Crippen LogP contribution in [0.1, 0.15) is 17.1 Å². The predicted octanol–water partition coefficient (Wildman–Crippen LogP) is 1.27. The van der Waals surface area contributed by atoms with Crippen molar-refractivity contribution in [3.63, 3.8) is 0 Å². The van der Waals surface area contributed by atoms with Gasteiger partial charge in [0.1, 0.15) is 17.6 Å². The van der Waals surface area contributed by atoms with Gasteiger partial charge in [0.15, 0.2) is 5.65 Å². The highest BCUT2D eigenvalue weighted by atomic mass is 15.2. The smallest absolute Gasteiger partial charge is 0.160 e. The van der Waals surface area contributed by atoms with E-state index in [1.807, 2.05) is 52.7 Å². The van der Waals surface area contributed by atoms with Crippen LogP contribution >= 0.6 is 0 Å². The lowest BCUT2D eigenvalue weighted by atomic mass is 10.3. The molecular weight excluding hydrogens is 264 g/mol. The molecule has 6 nitrogen and oxygen atoms in total. The minimum absolute atomic E-state index is 0.676. The summed E-state index contributed by atoms with van der Waals surface area (Å²) < 4.78 is 3.83. The Bertz CT molecular complexity index is 792. The highest BCUT2D eigenvalue weighted by molar-refractivity contribution is 5.37. The zero-order valence-corrected chi connectivity index (χ0v) is 11.8. The molecule has 0 bridgehead atoms. The largest absolute Gasteiger partial charge is 0.342 e. The van der Waals surface area contributed by atoms with Crippen LogP contribution in [0.5, 0.6) is 0 Å². The van der Waals surface area contributed by atoms with Gasteiger partial charge < -0.3 is 9.88 Å². The number of nitriles is 1. The van der Waals surface area contributed by atoms with Crippen LogP contribution < -0.4 is 5.32 Å². The summed E-state index contributed by atoms with van der Waals surface area (Å²) in [6, 6.07) is 9.93. The first-order valence-corrected chi connectivity index (χ1v) is 6.82. The Hall–Kier alpha value is -2.65. The number of pyridine rings is 1. The summed E-state index contributed by atoms with van der Waals surface area (Å²) in [6.07, 6.45) is 4.75. The number of fused-ring (bicyclic) bond motifs is 1. The van der Waals surface area contributed by atoms with E-state index in [1.54, 1.807) is 0 Å². The number of hydrogen-bond acceptors (Lipinski definition) is 4. The predicted molar refractivity (Wildman–Crippen MR) is 78.5 cm³/mol. The van der Waals surface area contributed by atoms with E-state index in [9.17, 15) is 0 Å². The van der Waals surface area contributed by atoms with Gasteiger partial charge in [0.05, 0.1) is 0 Å². The molecule has 21 heavy (non-hydrogen) atoms. The first kappa shape index (κ1) is 13.3. The second-order valence-corrected chi connectivity index (χ2v) is 4.93. The minimum atomic E-state index is 0.676. The van der Waals surface area contributed by atoms with Crippen molar-refractivity contribution >= 4 is 5.65 Å². The van der Waals surface area contributed by atoms with E-state index in [0.717, 1.165) is 36.5 Å². The van der Waals surface area contributed by atoms with Crippen molar-refractivity contribution in [2.24, 2.45) is 7.05 Å². The molecule has 3 heterocycles. The summed E-state index contributed by atoms with van der Waals surface area (Å²) in [5, 5.41) is 20.6. The number of hydrogen-bond donors (Lipinski definition) is 1. The molecule has 106 valence electrons. The summed E-state index contributed by atoms with van der Waals surface area (Å²) >= 11 is 0. The van der Waals surface area contributed by atoms with Crippen LogP contribution in [0.15, 0.2) is 36.7 Å². The molecule has 3 aromatic rings. The number of aromatic nitrogens is 4. The van der Waals surface area contributed by atoms with Crippen LogP contribution in [0.4, 0.5) is 0 Å². The number of aryl methyl sites for hydroxylation is 1. The molecular formula is C15H16N6. The molecule has 3 rings (SSSR count). The molecule has 0 aliphatic heterocycles. The lowest BCUT2D eigenvalue weighted by Gasteiger charge is -2.02. The van der Waals surface area contributed by atoms with Crippen LogP contribution in [0.25, 0.3) is 5.65 Å². The molecule has 0 amide bonds. The average molecular weight is 280 g/mol. The first-order valence-electron chi connectivity index (χ1n) is 6.82. The van der Waals surface area contributed by atoms with Crippen LogP contribution in [0.3, 0.4) is 0 Å². The quantitative estimate of drug-likeness (QED) is 0.714. The van der Waals surface area contributed by atoms with Gasteiger partial charge in [0, 0.05) is 39.0 Å². The van der Waals surface area contributed by atoms with Gasteiger partial charge in [-0.15, -0.1) is 10.2 Å². The molecule has 0 radical (unpaired) electrons. The zero-order chi connectivity index (χ0) is 14.7. The second-order valence-electron chi connectivity index (χ2n) is 4.93. The SMILES string of the molecule is Cn1cc(CNCCc2nnc3ccccn23)cc1C#N. The summed E-state index contributed by atoms with van der Waals surface area (Å²) in [7, 11) is 1.88. The van der Waals surface area contributed by atoms with E-state index in [-0.39, 0.29) is 0 Å². The Kier molecular flexibility index (Phi) is 3.67. The maximum absolute atomic E-state index is 8.92. The van der Waals surface area contributed by atoms with Gasteiger partial charge in [-0.05, 0) is 23.8 Å². The fraction of sp³-hybridized carbons (Fsp3) is 0.267. The van der Waals surface area contributed by atoms with E-state index < -0.39 is 0 Å². The Morgan fingerprint density at radius 2 is 2.24 bits per heavy atom. The maximum atomic E-state index is 8.92. The summed E-state index contributed by atoms with van der Waals surface area (Å²) in [6.45, 7) is 1.55. The molecule has 0 saturated carbocycles. The van der Waals surface area contributed by atoms with Gasteiger partial charge in [-0.2, -0.15) is 5.26 Å². The van der Waals surface area contributed by atoms with Crippen molar-refractivity contribution in [1.82, 2.24) is 24.5 Å². The zero-order valence-electron chi connectivity index (χ0n) is 11.8. The van der Waals surface area contributed by atoms with E-state index in [1.165, 1.54) is 0 Å². The van der Waals surface area contributed by atoms with Gasteiger partial charge in [-0.1, -0.05) is 6.07 Å². The minimum Gasteiger partial charge on any atom is -0.342 e. The van der Waals surface area contributed by atoms with Gasteiger partial charge in [0.2, 0.25) is 0 Å². The number of nitrogens with zero attached hydrogens (tertiary/aromatic N) is 5. The Labute approximate surface area is 122 Å². The van der Waals surface area contributed by atoms with Crippen molar-refractivity contribution in [2.45, 2.75) is 13.0 Å². The second kappa shape index (κ2) is 5.77. The molecule has 0 aliphatic carbocycles. The normalized spacial score (nSPS) is 10.9. The number of rotatable bonds is 5. The summed E-state index contributed by atoms with van der Waals surface area (Å²) in [5.74, 6) is 0.948. The Morgan fingerprint density at radius 1 is 1.33 bits per heavy atom. The van der Waals surface area contributed by atoms with Gasteiger partial charge in [0.25, 0.3) is 0 Å². The van der Waals surface area contributed by atoms with E-state index in [4.69, 9.17) is 5.26 Å². The van der Waals surface area contributed by atoms with Crippen molar-refractivity contribution in [2.75, 3.05) is 6.54 Å². The standard InChI is InChI=1S/C15H16N6/c1-20-11-12(8-13(20)9-16)10-17-6-5-15-19-18-14-4-2-3-7-21(14)15/h2-4,7-8,11,17H,5-6,10H2,1H3. The average Bonchev–Trinajstić information content (AvgIpc) is 3.07. The molecule has 0 unspecified atom stereocenters. The summed E-state index contributed by atoms with van der Waals surface area (Å²) in [4.78, 5) is 0. The highest BCUT2D eigenvalue weighted by Gasteiger charge is 2.05. The molecule has 0 aromatic carbocycles. The molecule has 0 atom stereocenters.